The minimum Gasteiger partial charge on any atom is -0.497 e. The molecular formula is C25H23Cl2N3O4. The molecule has 34 heavy (non-hydrogen) atoms. The monoisotopic (exact) mass is 499 g/mol. The smallest absolute Gasteiger partial charge is 0.243 e. The highest BCUT2D eigenvalue weighted by Gasteiger charge is 2.35. The van der Waals surface area contributed by atoms with E-state index in [2.05, 4.69) is 10.9 Å². The maximum absolute atomic E-state index is 12.8. The zero-order valence-corrected chi connectivity index (χ0v) is 19.9. The molecule has 0 unspecified atom stereocenters. The number of amides is 2. The molecule has 176 valence electrons. The molecule has 0 saturated carbocycles. The number of hydrazine groups is 1. The fourth-order valence-corrected chi connectivity index (χ4v) is 3.93. The van der Waals surface area contributed by atoms with E-state index in [0.717, 1.165) is 11.3 Å². The van der Waals surface area contributed by atoms with Gasteiger partial charge in [-0.15, -0.1) is 0 Å². The number of hydrogen-bond acceptors (Lipinski definition) is 5. The molecule has 9 heteroatoms. The van der Waals surface area contributed by atoms with Gasteiger partial charge in [0.2, 0.25) is 11.8 Å². The molecular weight excluding hydrogens is 477 g/mol. The second kappa shape index (κ2) is 10.7. The third-order valence-electron chi connectivity index (χ3n) is 5.47. The van der Waals surface area contributed by atoms with Crippen LogP contribution in [0, 0.1) is 5.92 Å². The third-order valence-corrected chi connectivity index (χ3v) is 6.20. The first-order valence-corrected chi connectivity index (χ1v) is 11.4. The van der Waals surface area contributed by atoms with E-state index < -0.39 is 5.92 Å². The van der Waals surface area contributed by atoms with Crippen LogP contribution in [0.15, 0.2) is 66.7 Å². The maximum Gasteiger partial charge on any atom is 0.243 e. The van der Waals surface area contributed by atoms with Crippen LogP contribution in [0.2, 0.25) is 10.0 Å². The van der Waals surface area contributed by atoms with Crippen LogP contribution >= 0.6 is 23.2 Å². The summed E-state index contributed by atoms with van der Waals surface area (Å²) in [5.74, 6) is 0.399. The number of methoxy groups -OCH3 is 1. The number of nitrogens with one attached hydrogen (secondary N) is 2. The van der Waals surface area contributed by atoms with Crippen molar-refractivity contribution in [3.8, 4) is 11.5 Å². The summed E-state index contributed by atoms with van der Waals surface area (Å²) in [4.78, 5) is 26.9. The van der Waals surface area contributed by atoms with E-state index in [9.17, 15) is 9.59 Å². The van der Waals surface area contributed by atoms with Crippen molar-refractivity contribution in [3.05, 3.63) is 82.3 Å². The number of carbonyl (C=O) groups is 2. The highest BCUT2D eigenvalue weighted by Crippen LogP contribution is 2.28. The maximum atomic E-state index is 12.8. The minimum atomic E-state index is -0.480. The molecule has 0 aromatic heterocycles. The van der Waals surface area contributed by atoms with E-state index in [4.69, 9.17) is 32.7 Å². The highest BCUT2D eigenvalue weighted by molar-refractivity contribution is 6.42. The summed E-state index contributed by atoms with van der Waals surface area (Å²) in [6.07, 6.45) is 0.134. The van der Waals surface area contributed by atoms with Crippen molar-refractivity contribution >= 4 is 46.4 Å². The Labute approximate surface area is 207 Å². The number of hydrogen-bond donors (Lipinski definition) is 2. The number of benzene rings is 3. The summed E-state index contributed by atoms with van der Waals surface area (Å²) < 4.78 is 11.1. The molecule has 1 heterocycles. The Morgan fingerprint density at radius 2 is 1.82 bits per heavy atom. The molecule has 0 spiro atoms. The molecule has 3 aromatic rings. The van der Waals surface area contributed by atoms with Gasteiger partial charge in [0.25, 0.3) is 0 Å². The number of halogens is 2. The van der Waals surface area contributed by atoms with E-state index in [0.29, 0.717) is 33.8 Å². The number of anilines is 2. The Morgan fingerprint density at radius 1 is 1.06 bits per heavy atom. The van der Waals surface area contributed by atoms with Crippen LogP contribution in [0.25, 0.3) is 0 Å². The highest BCUT2D eigenvalue weighted by atomic mass is 35.5. The third kappa shape index (κ3) is 5.55. The lowest BCUT2D eigenvalue weighted by atomic mass is 10.1. The van der Waals surface area contributed by atoms with E-state index in [-0.39, 0.29) is 24.8 Å². The largest absolute Gasteiger partial charge is 0.497 e. The molecule has 1 atom stereocenters. The lowest BCUT2D eigenvalue weighted by Gasteiger charge is -2.18. The van der Waals surface area contributed by atoms with Gasteiger partial charge in [0.15, 0.2) is 0 Å². The van der Waals surface area contributed by atoms with Crippen molar-refractivity contribution in [2.24, 2.45) is 5.92 Å². The summed E-state index contributed by atoms with van der Waals surface area (Å²) in [7, 11) is 1.58. The van der Waals surface area contributed by atoms with Crippen LogP contribution in [-0.4, -0.2) is 25.5 Å². The Hall–Kier alpha value is -3.42. The first-order chi connectivity index (χ1) is 16.4. The summed E-state index contributed by atoms with van der Waals surface area (Å²) in [6, 6.07) is 19.7. The fraction of sp³-hybridized carbons (Fsp3) is 0.200. The standard InChI is InChI=1S/C25H23Cl2N3O4/c1-33-19-9-7-18(8-10-19)30-14-17(13-24(30)31)25(32)29-28-22-4-2-3-5-23(22)34-15-16-6-11-20(26)21(27)12-16/h2-12,17,28H,13-15H2,1H3,(H,29,32)/t17-/m1/s1. The van der Waals surface area contributed by atoms with E-state index in [1.54, 1.807) is 60.5 Å². The zero-order valence-electron chi connectivity index (χ0n) is 18.4. The van der Waals surface area contributed by atoms with Gasteiger partial charge < -0.3 is 14.4 Å². The van der Waals surface area contributed by atoms with Crippen molar-refractivity contribution in [2.45, 2.75) is 13.0 Å². The summed E-state index contributed by atoms with van der Waals surface area (Å²) in [5, 5.41) is 0.933. The van der Waals surface area contributed by atoms with Gasteiger partial charge in [-0.25, -0.2) is 0 Å². The van der Waals surface area contributed by atoms with Crippen LogP contribution in [0.1, 0.15) is 12.0 Å². The van der Waals surface area contributed by atoms with Gasteiger partial charge in [0.1, 0.15) is 18.1 Å². The molecule has 0 bridgehead atoms. The molecule has 0 radical (unpaired) electrons. The van der Waals surface area contributed by atoms with Crippen molar-refractivity contribution in [1.82, 2.24) is 5.43 Å². The van der Waals surface area contributed by atoms with E-state index in [1.165, 1.54) is 0 Å². The van der Waals surface area contributed by atoms with Gasteiger partial charge in [-0.2, -0.15) is 0 Å². The van der Waals surface area contributed by atoms with Crippen molar-refractivity contribution in [2.75, 3.05) is 24.0 Å². The average molecular weight is 500 g/mol. The Bertz CT molecular complexity index is 1190. The number of para-hydroxylation sites is 2. The van der Waals surface area contributed by atoms with Crippen LogP contribution in [0.4, 0.5) is 11.4 Å². The van der Waals surface area contributed by atoms with Gasteiger partial charge in [0, 0.05) is 18.7 Å². The molecule has 3 aromatic carbocycles. The zero-order chi connectivity index (χ0) is 24.1. The average Bonchev–Trinajstić information content (AvgIpc) is 3.25. The molecule has 1 aliphatic heterocycles. The van der Waals surface area contributed by atoms with Gasteiger partial charge >= 0.3 is 0 Å². The quantitative estimate of drug-likeness (QED) is 0.422. The molecule has 7 nitrogen and oxygen atoms in total. The van der Waals surface area contributed by atoms with Crippen LogP contribution in [-0.2, 0) is 16.2 Å². The Kier molecular flexibility index (Phi) is 7.45. The van der Waals surface area contributed by atoms with Gasteiger partial charge in [-0.1, -0.05) is 41.4 Å². The van der Waals surface area contributed by atoms with Gasteiger partial charge in [-0.05, 0) is 54.1 Å². The Morgan fingerprint density at radius 3 is 2.56 bits per heavy atom. The molecule has 2 N–H and O–H groups in total. The first-order valence-electron chi connectivity index (χ1n) is 10.6. The minimum absolute atomic E-state index is 0.101. The molecule has 1 aliphatic rings. The van der Waals surface area contributed by atoms with Crippen molar-refractivity contribution in [3.63, 3.8) is 0 Å². The number of rotatable bonds is 8. The second-order valence-electron chi connectivity index (χ2n) is 7.75. The van der Waals surface area contributed by atoms with Crippen molar-refractivity contribution < 1.29 is 19.1 Å². The topological polar surface area (TPSA) is 79.9 Å². The molecule has 1 fully saturated rings. The van der Waals surface area contributed by atoms with E-state index >= 15 is 0 Å². The molecule has 4 rings (SSSR count). The Balaban J connectivity index is 1.34. The SMILES string of the molecule is COc1ccc(N2C[C@H](C(=O)NNc3ccccc3OCc3ccc(Cl)c(Cl)c3)CC2=O)cc1. The molecule has 0 aliphatic carbocycles. The number of ether oxygens (including phenoxy) is 2. The number of carbonyl (C=O) groups excluding carboxylic acids is 2. The van der Waals surface area contributed by atoms with Crippen LogP contribution in [0.5, 0.6) is 11.5 Å². The first kappa shape index (κ1) is 23.7. The normalized spacial score (nSPS) is 15.2. The van der Waals surface area contributed by atoms with Crippen LogP contribution < -0.4 is 25.2 Å². The lowest BCUT2D eigenvalue weighted by Crippen LogP contribution is -2.36. The molecule has 2 amide bonds. The van der Waals surface area contributed by atoms with Crippen molar-refractivity contribution in [1.29, 1.82) is 0 Å². The summed E-state index contributed by atoms with van der Waals surface area (Å²) >= 11 is 12.0. The van der Waals surface area contributed by atoms with Gasteiger partial charge in [-0.3, -0.25) is 20.4 Å². The van der Waals surface area contributed by atoms with E-state index in [1.807, 2.05) is 18.2 Å². The molecule has 1 saturated heterocycles. The lowest BCUT2D eigenvalue weighted by molar-refractivity contribution is -0.125. The van der Waals surface area contributed by atoms with Crippen LogP contribution in [0.3, 0.4) is 0 Å². The predicted octanol–water partition coefficient (Wildman–Crippen LogP) is 5.08. The summed E-state index contributed by atoms with van der Waals surface area (Å²) in [5.41, 5.74) is 7.79. The second-order valence-corrected chi connectivity index (χ2v) is 8.57. The number of nitrogens with zero attached hydrogens (tertiary/aromatic N) is 1. The van der Waals surface area contributed by atoms with Gasteiger partial charge in [0.05, 0.1) is 28.8 Å². The summed E-state index contributed by atoms with van der Waals surface area (Å²) in [6.45, 7) is 0.575. The fourth-order valence-electron chi connectivity index (χ4n) is 3.61. The predicted molar refractivity (Wildman–Crippen MR) is 132 cm³/mol.